The lowest BCUT2D eigenvalue weighted by molar-refractivity contribution is -0.145. The van der Waals surface area contributed by atoms with Gasteiger partial charge in [0, 0.05) is 33.8 Å². The molecule has 0 spiro atoms. The Bertz CT molecular complexity index is 867. The van der Waals surface area contributed by atoms with Crippen LogP contribution in [-0.4, -0.2) is 40.5 Å². The molecule has 0 atom stereocenters. The molecule has 0 unspecified atom stereocenters. The van der Waals surface area contributed by atoms with Crippen LogP contribution in [0.4, 0.5) is 0 Å². The molecule has 2 aromatic carbocycles. The number of amides is 2. The average Bonchev–Trinajstić information content (AvgIpc) is 2.81. The van der Waals surface area contributed by atoms with Crippen LogP contribution in [0.15, 0.2) is 48.5 Å². The lowest BCUT2D eigenvalue weighted by Crippen LogP contribution is -2.46. The molecular weight excluding hydrogens is 468 g/mol. The third-order valence-corrected chi connectivity index (χ3v) is 8.08. The fourth-order valence-corrected chi connectivity index (χ4v) is 5.09. The SMILES string of the molecule is COc1ccc(CSC(C)(C)CC(=O)N(N)C(=O)CC(C)(C)SCc2ccc(OC)cc2)cc1. The highest BCUT2D eigenvalue weighted by molar-refractivity contribution is 8.00. The molecule has 0 fully saturated rings. The van der Waals surface area contributed by atoms with Gasteiger partial charge in [-0.3, -0.25) is 9.59 Å². The highest BCUT2D eigenvalue weighted by atomic mass is 32.2. The predicted molar refractivity (Wildman–Crippen MR) is 142 cm³/mol. The summed E-state index contributed by atoms with van der Waals surface area (Å²) in [4.78, 5) is 25.5. The summed E-state index contributed by atoms with van der Waals surface area (Å²) in [6, 6.07) is 15.7. The molecule has 0 bridgehead atoms. The van der Waals surface area contributed by atoms with Crippen molar-refractivity contribution in [2.45, 2.75) is 61.5 Å². The number of carbonyl (C=O) groups is 2. The Morgan fingerprint density at radius 3 is 1.35 bits per heavy atom. The molecule has 2 amide bonds. The number of rotatable bonds is 12. The second-order valence-corrected chi connectivity index (χ2v) is 12.7. The van der Waals surface area contributed by atoms with Crippen LogP contribution in [0, 0.1) is 0 Å². The maximum atomic E-state index is 12.8. The van der Waals surface area contributed by atoms with E-state index in [9.17, 15) is 9.59 Å². The highest BCUT2D eigenvalue weighted by Gasteiger charge is 2.31. The van der Waals surface area contributed by atoms with Crippen molar-refractivity contribution in [2.24, 2.45) is 5.84 Å². The van der Waals surface area contributed by atoms with Crippen molar-refractivity contribution in [3.63, 3.8) is 0 Å². The first-order chi connectivity index (χ1) is 15.9. The van der Waals surface area contributed by atoms with E-state index in [0.717, 1.165) is 39.1 Å². The molecule has 6 nitrogen and oxygen atoms in total. The van der Waals surface area contributed by atoms with E-state index in [1.807, 2.05) is 76.2 Å². The molecule has 0 aliphatic rings. The third kappa shape index (κ3) is 9.24. The van der Waals surface area contributed by atoms with E-state index < -0.39 is 0 Å². The van der Waals surface area contributed by atoms with Crippen LogP contribution in [0.1, 0.15) is 51.7 Å². The van der Waals surface area contributed by atoms with Gasteiger partial charge < -0.3 is 9.47 Å². The summed E-state index contributed by atoms with van der Waals surface area (Å²) >= 11 is 3.31. The molecule has 0 heterocycles. The van der Waals surface area contributed by atoms with Gasteiger partial charge >= 0.3 is 0 Å². The standard InChI is InChI=1S/C26H36N2O4S2/c1-25(2,33-17-19-7-11-21(31-5)12-8-19)15-23(29)28(27)24(30)16-26(3,4)34-18-20-9-13-22(32-6)14-10-20/h7-14H,15-18,27H2,1-6H3. The van der Waals surface area contributed by atoms with E-state index in [-0.39, 0.29) is 34.2 Å². The lowest BCUT2D eigenvalue weighted by atomic mass is 10.1. The number of hydrogen-bond acceptors (Lipinski definition) is 7. The van der Waals surface area contributed by atoms with Crippen molar-refractivity contribution < 1.29 is 19.1 Å². The summed E-state index contributed by atoms with van der Waals surface area (Å²) in [6.07, 6.45) is 0.352. The summed E-state index contributed by atoms with van der Waals surface area (Å²) in [7, 11) is 3.28. The predicted octanol–water partition coefficient (Wildman–Crippen LogP) is 5.44. The van der Waals surface area contributed by atoms with Crippen molar-refractivity contribution in [1.29, 1.82) is 0 Å². The van der Waals surface area contributed by atoms with E-state index >= 15 is 0 Å². The van der Waals surface area contributed by atoms with E-state index in [0.29, 0.717) is 0 Å². The van der Waals surface area contributed by atoms with Crippen molar-refractivity contribution >= 4 is 35.3 Å². The summed E-state index contributed by atoms with van der Waals surface area (Å²) in [6.45, 7) is 7.97. The first-order valence-corrected chi connectivity index (χ1v) is 13.1. The Labute approximate surface area is 211 Å². The molecular formula is C26H36N2O4S2. The Balaban J connectivity index is 1.84. The molecule has 2 aromatic rings. The molecule has 0 saturated carbocycles. The van der Waals surface area contributed by atoms with E-state index in [1.165, 1.54) is 0 Å². The van der Waals surface area contributed by atoms with Gasteiger partial charge in [0.1, 0.15) is 11.5 Å². The number of nitrogens with zero attached hydrogens (tertiary/aromatic N) is 1. The fourth-order valence-electron chi connectivity index (χ4n) is 3.14. The van der Waals surface area contributed by atoms with Gasteiger partial charge in [-0.1, -0.05) is 52.0 Å². The molecule has 0 aromatic heterocycles. The number of thioether (sulfide) groups is 2. The topological polar surface area (TPSA) is 81.9 Å². The normalized spacial score (nSPS) is 11.7. The van der Waals surface area contributed by atoms with Crippen LogP contribution in [0.2, 0.25) is 0 Å². The summed E-state index contributed by atoms with van der Waals surface area (Å²) in [5, 5.41) is 0.797. The molecule has 8 heteroatoms. The van der Waals surface area contributed by atoms with Gasteiger partial charge in [0.05, 0.1) is 14.2 Å². The second-order valence-electron chi connectivity index (χ2n) is 9.30. The van der Waals surface area contributed by atoms with Gasteiger partial charge in [0.2, 0.25) is 11.8 Å². The zero-order chi connectivity index (χ0) is 25.4. The molecule has 34 heavy (non-hydrogen) atoms. The highest BCUT2D eigenvalue weighted by Crippen LogP contribution is 2.34. The van der Waals surface area contributed by atoms with Crippen molar-refractivity contribution in [2.75, 3.05) is 14.2 Å². The van der Waals surface area contributed by atoms with Crippen molar-refractivity contribution in [1.82, 2.24) is 5.01 Å². The van der Waals surface area contributed by atoms with Crippen LogP contribution in [0.25, 0.3) is 0 Å². The minimum absolute atomic E-state index is 0.176. The van der Waals surface area contributed by atoms with Crippen LogP contribution in [0.5, 0.6) is 11.5 Å². The van der Waals surface area contributed by atoms with Gasteiger partial charge in [0.25, 0.3) is 0 Å². The molecule has 0 aliphatic heterocycles. The second kappa shape index (κ2) is 12.5. The molecule has 2 rings (SSSR count). The number of benzene rings is 2. The Hall–Kier alpha value is -2.16. The third-order valence-electron chi connectivity index (χ3n) is 5.27. The zero-order valence-corrected chi connectivity index (χ0v) is 22.6. The number of nitrogens with two attached hydrogens (primary N) is 1. The summed E-state index contributed by atoms with van der Waals surface area (Å²) < 4.78 is 9.64. The van der Waals surface area contributed by atoms with Crippen molar-refractivity contribution in [3.05, 3.63) is 59.7 Å². The number of carbonyl (C=O) groups excluding carboxylic acids is 2. The first-order valence-electron chi connectivity index (χ1n) is 11.1. The van der Waals surface area contributed by atoms with Crippen LogP contribution in [-0.2, 0) is 21.1 Å². The van der Waals surface area contributed by atoms with Gasteiger partial charge in [-0.2, -0.15) is 23.5 Å². The van der Waals surface area contributed by atoms with Crippen LogP contribution in [0.3, 0.4) is 0 Å². The average molecular weight is 505 g/mol. The maximum Gasteiger partial charge on any atom is 0.244 e. The minimum atomic E-state index is -0.368. The Kier molecular flexibility index (Phi) is 10.3. The maximum absolute atomic E-state index is 12.8. The van der Waals surface area contributed by atoms with Crippen LogP contribution < -0.4 is 15.3 Å². The van der Waals surface area contributed by atoms with Gasteiger partial charge in [-0.05, 0) is 35.4 Å². The largest absolute Gasteiger partial charge is 0.497 e. The van der Waals surface area contributed by atoms with Gasteiger partial charge in [-0.15, -0.1) is 0 Å². The van der Waals surface area contributed by atoms with E-state index in [1.54, 1.807) is 37.7 Å². The number of methoxy groups -OCH3 is 2. The number of hydrogen-bond donors (Lipinski definition) is 1. The molecule has 2 N–H and O–H groups in total. The fraction of sp³-hybridized carbons (Fsp3) is 0.462. The smallest absolute Gasteiger partial charge is 0.244 e. The number of imide groups is 1. The molecule has 0 aliphatic carbocycles. The molecule has 0 radical (unpaired) electrons. The lowest BCUT2D eigenvalue weighted by Gasteiger charge is -2.28. The Morgan fingerprint density at radius 1 is 0.735 bits per heavy atom. The zero-order valence-electron chi connectivity index (χ0n) is 20.9. The Morgan fingerprint density at radius 2 is 1.06 bits per heavy atom. The van der Waals surface area contributed by atoms with Gasteiger partial charge in [-0.25, -0.2) is 10.9 Å². The summed E-state index contributed by atoms with van der Waals surface area (Å²) in [5.74, 6) is 8.32. The van der Waals surface area contributed by atoms with E-state index in [2.05, 4.69) is 0 Å². The molecule has 186 valence electrons. The monoisotopic (exact) mass is 504 g/mol. The van der Waals surface area contributed by atoms with E-state index in [4.69, 9.17) is 15.3 Å². The quantitative estimate of drug-likeness (QED) is 0.234. The minimum Gasteiger partial charge on any atom is -0.497 e. The molecule has 0 saturated heterocycles. The van der Waals surface area contributed by atoms with Crippen LogP contribution >= 0.6 is 23.5 Å². The first kappa shape index (κ1) is 28.1. The number of ether oxygens (including phenoxy) is 2. The van der Waals surface area contributed by atoms with Gasteiger partial charge in [0.15, 0.2) is 0 Å². The number of hydrazine groups is 1. The summed E-state index contributed by atoms with van der Waals surface area (Å²) in [5.41, 5.74) is 2.28. The van der Waals surface area contributed by atoms with Crippen molar-refractivity contribution in [3.8, 4) is 11.5 Å².